The zero-order chi connectivity index (χ0) is 9.97. The van der Waals surface area contributed by atoms with Gasteiger partial charge >= 0.3 is 0 Å². The van der Waals surface area contributed by atoms with E-state index >= 15 is 0 Å². The first-order chi connectivity index (χ1) is 6.79. The molecule has 0 aliphatic carbocycles. The fraction of sp³-hybridized carbons (Fsp3) is 0. The van der Waals surface area contributed by atoms with Gasteiger partial charge in [0.15, 0.2) is 0 Å². The van der Waals surface area contributed by atoms with E-state index in [1.165, 1.54) is 6.07 Å². The third-order valence-corrected chi connectivity index (χ3v) is 2.87. The monoisotopic (exact) mass is 299 g/mol. The Balaban J connectivity index is 2.61. The lowest BCUT2D eigenvalue weighted by Crippen LogP contribution is -1.87. The number of halogens is 2. The van der Waals surface area contributed by atoms with Gasteiger partial charge < -0.3 is 0 Å². The summed E-state index contributed by atoms with van der Waals surface area (Å²) >= 11 is 2.17. The maximum Gasteiger partial charge on any atom is 0.131 e. The molecule has 14 heavy (non-hydrogen) atoms. The van der Waals surface area contributed by atoms with Gasteiger partial charge in [-0.25, -0.2) is 4.39 Å². The maximum atomic E-state index is 13.4. The number of pyridine rings is 1. The largest absolute Gasteiger partial charge is 0.264 e. The van der Waals surface area contributed by atoms with E-state index in [0.29, 0.717) is 5.56 Å². The summed E-state index contributed by atoms with van der Waals surface area (Å²) in [6.45, 7) is 0. The first-order valence-electron chi connectivity index (χ1n) is 4.13. The molecule has 1 aromatic heterocycles. The molecule has 3 heteroatoms. The minimum atomic E-state index is -0.210. The third-order valence-electron chi connectivity index (χ3n) is 1.93. The Labute approximate surface area is 95.1 Å². The van der Waals surface area contributed by atoms with Crippen molar-refractivity contribution in [3.8, 4) is 11.1 Å². The molecule has 70 valence electrons. The molecular formula is C11H7FIN. The van der Waals surface area contributed by atoms with Gasteiger partial charge in [0.05, 0.1) is 0 Å². The molecule has 1 heterocycles. The van der Waals surface area contributed by atoms with Crippen LogP contribution in [0.4, 0.5) is 4.39 Å². The van der Waals surface area contributed by atoms with Crippen LogP contribution in [0.1, 0.15) is 0 Å². The summed E-state index contributed by atoms with van der Waals surface area (Å²) in [5.41, 5.74) is 1.44. The Morgan fingerprint density at radius 2 is 1.86 bits per heavy atom. The van der Waals surface area contributed by atoms with Crippen LogP contribution in [0.25, 0.3) is 11.1 Å². The van der Waals surface area contributed by atoms with Crippen molar-refractivity contribution in [3.63, 3.8) is 0 Å². The topological polar surface area (TPSA) is 12.9 Å². The van der Waals surface area contributed by atoms with Crippen molar-refractivity contribution in [2.24, 2.45) is 0 Å². The molecule has 0 aliphatic rings. The number of nitrogens with zero attached hydrogens (tertiary/aromatic N) is 1. The molecule has 0 unspecified atom stereocenters. The summed E-state index contributed by atoms with van der Waals surface area (Å²) in [5.74, 6) is -0.210. The van der Waals surface area contributed by atoms with E-state index in [9.17, 15) is 4.39 Å². The zero-order valence-electron chi connectivity index (χ0n) is 7.24. The van der Waals surface area contributed by atoms with Gasteiger partial charge in [0.25, 0.3) is 0 Å². The van der Waals surface area contributed by atoms with Crippen molar-refractivity contribution in [1.82, 2.24) is 4.98 Å². The van der Waals surface area contributed by atoms with Crippen LogP contribution in [0.3, 0.4) is 0 Å². The molecule has 0 saturated carbocycles. The summed E-state index contributed by atoms with van der Waals surface area (Å²) < 4.78 is 14.4. The van der Waals surface area contributed by atoms with E-state index < -0.39 is 0 Å². The van der Waals surface area contributed by atoms with Gasteiger partial charge in [0, 0.05) is 27.1 Å². The average Bonchev–Trinajstić information content (AvgIpc) is 2.20. The Hall–Kier alpha value is -0.970. The quantitative estimate of drug-likeness (QED) is 0.735. The van der Waals surface area contributed by atoms with Gasteiger partial charge in [-0.2, -0.15) is 0 Å². The van der Waals surface area contributed by atoms with Crippen molar-refractivity contribution in [1.29, 1.82) is 0 Å². The smallest absolute Gasteiger partial charge is 0.131 e. The Kier molecular flexibility index (Phi) is 2.77. The lowest BCUT2D eigenvalue weighted by Gasteiger charge is -2.04. The highest BCUT2D eigenvalue weighted by Crippen LogP contribution is 2.25. The van der Waals surface area contributed by atoms with Gasteiger partial charge in [0.2, 0.25) is 0 Å². The van der Waals surface area contributed by atoms with Crippen LogP contribution in [-0.4, -0.2) is 4.98 Å². The van der Waals surface area contributed by atoms with Gasteiger partial charge in [-0.15, -0.1) is 0 Å². The SMILES string of the molecule is Fc1ccccc1-c1cnccc1I. The summed E-state index contributed by atoms with van der Waals surface area (Å²) in [5, 5.41) is 0. The van der Waals surface area contributed by atoms with E-state index in [1.54, 1.807) is 24.5 Å². The Morgan fingerprint density at radius 3 is 2.57 bits per heavy atom. The second-order valence-electron chi connectivity index (χ2n) is 2.84. The minimum Gasteiger partial charge on any atom is -0.264 e. The molecule has 0 amide bonds. The van der Waals surface area contributed by atoms with E-state index in [1.807, 2.05) is 12.1 Å². The van der Waals surface area contributed by atoms with Crippen molar-refractivity contribution in [3.05, 3.63) is 52.1 Å². The highest BCUT2D eigenvalue weighted by molar-refractivity contribution is 14.1. The van der Waals surface area contributed by atoms with Crippen LogP contribution in [0.5, 0.6) is 0 Å². The molecule has 0 spiro atoms. The number of benzene rings is 1. The van der Waals surface area contributed by atoms with Crippen molar-refractivity contribution in [2.45, 2.75) is 0 Å². The molecule has 0 atom stereocenters. The average molecular weight is 299 g/mol. The fourth-order valence-electron chi connectivity index (χ4n) is 1.26. The summed E-state index contributed by atoms with van der Waals surface area (Å²) in [4.78, 5) is 3.99. The number of hydrogen-bond acceptors (Lipinski definition) is 1. The minimum absolute atomic E-state index is 0.210. The first kappa shape index (κ1) is 9.58. The van der Waals surface area contributed by atoms with E-state index in [0.717, 1.165) is 9.13 Å². The Morgan fingerprint density at radius 1 is 1.07 bits per heavy atom. The van der Waals surface area contributed by atoms with Crippen molar-refractivity contribution >= 4 is 22.6 Å². The zero-order valence-corrected chi connectivity index (χ0v) is 9.40. The Bertz CT molecular complexity index is 413. The van der Waals surface area contributed by atoms with Crippen LogP contribution in [-0.2, 0) is 0 Å². The first-order valence-corrected chi connectivity index (χ1v) is 5.21. The summed E-state index contributed by atoms with van der Waals surface area (Å²) in [6, 6.07) is 8.58. The second kappa shape index (κ2) is 4.04. The molecule has 0 aliphatic heterocycles. The normalized spacial score (nSPS) is 10.1. The van der Waals surface area contributed by atoms with Gasteiger partial charge in [-0.05, 0) is 34.7 Å². The molecule has 0 saturated heterocycles. The molecule has 1 nitrogen and oxygen atoms in total. The van der Waals surface area contributed by atoms with E-state index in [-0.39, 0.29) is 5.82 Å². The predicted octanol–water partition coefficient (Wildman–Crippen LogP) is 3.49. The third kappa shape index (κ3) is 1.77. The van der Waals surface area contributed by atoms with Crippen LogP contribution in [0, 0.1) is 9.39 Å². The summed E-state index contributed by atoms with van der Waals surface area (Å²) in [6.07, 6.45) is 3.38. The van der Waals surface area contributed by atoms with Gasteiger partial charge in [-0.3, -0.25) is 4.98 Å². The molecule has 0 fully saturated rings. The lowest BCUT2D eigenvalue weighted by atomic mass is 10.1. The molecule has 0 radical (unpaired) electrons. The molecule has 0 bridgehead atoms. The van der Waals surface area contributed by atoms with Gasteiger partial charge in [-0.1, -0.05) is 18.2 Å². The maximum absolute atomic E-state index is 13.4. The van der Waals surface area contributed by atoms with Gasteiger partial charge in [0.1, 0.15) is 5.82 Å². The molecule has 0 N–H and O–H groups in total. The van der Waals surface area contributed by atoms with Crippen molar-refractivity contribution in [2.75, 3.05) is 0 Å². The highest BCUT2D eigenvalue weighted by Gasteiger charge is 2.06. The highest BCUT2D eigenvalue weighted by atomic mass is 127. The molecule has 1 aromatic carbocycles. The number of hydrogen-bond donors (Lipinski definition) is 0. The van der Waals surface area contributed by atoms with Crippen LogP contribution < -0.4 is 0 Å². The molecular weight excluding hydrogens is 292 g/mol. The molecule has 2 rings (SSSR count). The molecule has 2 aromatic rings. The van der Waals surface area contributed by atoms with Crippen LogP contribution in [0.2, 0.25) is 0 Å². The van der Waals surface area contributed by atoms with Crippen LogP contribution in [0.15, 0.2) is 42.7 Å². The van der Waals surface area contributed by atoms with E-state index in [4.69, 9.17) is 0 Å². The van der Waals surface area contributed by atoms with Crippen molar-refractivity contribution < 1.29 is 4.39 Å². The lowest BCUT2D eigenvalue weighted by molar-refractivity contribution is 0.631. The fourth-order valence-corrected chi connectivity index (χ4v) is 1.85. The standard InChI is InChI=1S/C11H7FIN/c12-10-4-2-1-3-8(10)9-7-14-6-5-11(9)13/h1-7H. The number of aromatic nitrogens is 1. The summed E-state index contributed by atoms with van der Waals surface area (Å²) in [7, 11) is 0. The number of rotatable bonds is 1. The second-order valence-corrected chi connectivity index (χ2v) is 4.00. The van der Waals surface area contributed by atoms with Crippen LogP contribution >= 0.6 is 22.6 Å². The van der Waals surface area contributed by atoms with E-state index in [2.05, 4.69) is 27.6 Å². The predicted molar refractivity (Wildman–Crippen MR) is 62.3 cm³/mol.